The Morgan fingerprint density at radius 3 is 2.95 bits per heavy atom. The zero-order chi connectivity index (χ0) is 13.7. The molecule has 3 heteroatoms. The normalized spacial score (nSPS) is 25.0. The number of nitrogens with zero attached hydrogens (tertiary/aromatic N) is 1. The molecular formula is C16H26N2O. The number of rotatable bonds is 5. The van der Waals surface area contributed by atoms with Crippen LogP contribution in [-0.4, -0.2) is 18.1 Å². The van der Waals surface area contributed by atoms with Crippen molar-refractivity contribution in [2.45, 2.75) is 58.1 Å². The number of ether oxygens (including phenoxy) is 1. The first-order valence-electron chi connectivity index (χ1n) is 7.55. The van der Waals surface area contributed by atoms with Gasteiger partial charge in [0.05, 0.1) is 0 Å². The maximum absolute atomic E-state index is 6.26. The second kappa shape index (κ2) is 6.90. The van der Waals surface area contributed by atoms with Crippen LogP contribution in [0.2, 0.25) is 0 Å². The van der Waals surface area contributed by atoms with Gasteiger partial charge in [0.1, 0.15) is 6.10 Å². The number of nitrogens with one attached hydrogen (secondary N) is 1. The van der Waals surface area contributed by atoms with Gasteiger partial charge in [-0.15, -0.1) is 0 Å². The van der Waals surface area contributed by atoms with E-state index >= 15 is 0 Å². The highest BCUT2D eigenvalue weighted by molar-refractivity contribution is 5.28. The van der Waals surface area contributed by atoms with Crippen LogP contribution in [0.25, 0.3) is 0 Å². The molecule has 1 aliphatic rings. The Bertz CT molecular complexity index is 394. The van der Waals surface area contributed by atoms with E-state index < -0.39 is 0 Å². The Kier molecular flexibility index (Phi) is 5.20. The second-order valence-electron chi connectivity index (χ2n) is 5.52. The van der Waals surface area contributed by atoms with Crippen LogP contribution < -0.4 is 10.1 Å². The van der Waals surface area contributed by atoms with E-state index in [0.29, 0.717) is 12.0 Å². The summed E-state index contributed by atoms with van der Waals surface area (Å²) in [6, 6.07) is 4.36. The van der Waals surface area contributed by atoms with Crippen LogP contribution in [0.3, 0.4) is 0 Å². The summed E-state index contributed by atoms with van der Waals surface area (Å²) in [5.74, 6) is 1.50. The second-order valence-corrected chi connectivity index (χ2v) is 5.52. The maximum Gasteiger partial charge on any atom is 0.218 e. The third kappa shape index (κ3) is 3.47. The van der Waals surface area contributed by atoms with E-state index in [2.05, 4.69) is 30.2 Å². The molecule has 106 valence electrons. The van der Waals surface area contributed by atoms with Gasteiger partial charge in [0.25, 0.3) is 0 Å². The van der Waals surface area contributed by atoms with E-state index in [1.165, 1.54) is 32.1 Å². The Hall–Kier alpha value is -1.09. The van der Waals surface area contributed by atoms with Gasteiger partial charge in [0.2, 0.25) is 5.88 Å². The average Bonchev–Trinajstić information content (AvgIpc) is 2.47. The topological polar surface area (TPSA) is 34.1 Å². The van der Waals surface area contributed by atoms with Gasteiger partial charge in [-0.25, -0.2) is 4.98 Å². The van der Waals surface area contributed by atoms with E-state index in [0.717, 1.165) is 11.4 Å². The molecule has 1 heterocycles. The molecule has 1 saturated carbocycles. The van der Waals surface area contributed by atoms with Crippen molar-refractivity contribution in [3.05, 3.63) is 23.9 Å². The van der Waals surface area contributed by atoms with Gasteiger partial charge in [-0.1, -0.05) is 19.4 Å². The molecule has 1 fully saturated rings. The number of hydrogen-bond donors (Lipinski definition) is 1. The van der Waals surface area contributed by atoms with Gasteiger partial charge in [-0.2, -0.15) is 0 Å². The lowest BCUT2D eigenvalue weighted by atomic mass is 9.85. The summed E-state index contributed by atoms with van der Waals surface area (Å²) in [7, 11) is 1.97. The molecule has 0 radical (unpaired) electrons. The molecule has 1 N–H and O–H groups in total. The smallest absolute Gasteiger partial charge is 0.218 e. The largest absolute Gasteiger partial charge is 0.474 e. The molecule has 1 aromatic heterocycles. The van der Waals surface area contributed by atoms with Crippen molar-refractivity contribution in [1.82, 2.24) is 10.3 Å². The quantitative estimate of drug-likeness (QED) is 0.878. The molecule has 19 heavy (non-hydrogen) atoms. The lowest BCUT2D eigenvalue weighted by molar-refractivity contribution is 0.0843. The number of hydrogen-bond acceptors (Lipinski definition) is 3. The van der Waals surface area contributed by atoms with E-state index in [-0.39, 0.29) is 6.04 Å². The molecule has 3 nitrogen and oxygen atoms in total. The first kappa shape index (κ1) is 14.3. The van der Waals surface area contributed by atoms with Crippen molar-refractivity contribution in [1.29, 1.82) is 0 Å². The highest BCUT2D eigenvalue weighted by Crippen LogP contribution is 2.32. The molecule has 3 unspecified atom stereocenters. The predicted octanol–water partition coefficient (Wildman–Crippen LogP) is 3.71. The Morgan fingerprint density at radius 2 is 2.21 bits per heavy atom. The fourth-order valence-electron chi connectivity index (χ4n) is 2.93. The molecule has 0 bridgehead atoms. The first-order valence-corrected chi connectivity index (χ1v) is 7.55. The summed E-state index contributed by atoms with van der Waals surface area (Å²) < 4.78 is 6.26. The summed E-state index contributed by atoms with van der Waals surface area (Å²) in [6.45, 7) is 4.41. The Labute approximate surface area is 116 Å². The van der Waals surface area contributed by atoms with Crippen LogP contribution >= 0.6 is 0 Å². The van der Waals surface area contributed by atoms with Gasteiger partial charge in [0.15, 0.2) is 0 Å². The van der Waals surface area contributed by atoms with Crippen LogP contribution in [0.5, 0.6) is 5.88 Å². The maximum atomic E-state index is 6.26. The van der Waals surface area contributed by atoms with Gasteiger partial charge in [-0.05, 0) is 51.6 Å². The Morgan fingerprint density at radius 1 is 1.42 bits per heavy atom. The summed E-state index contributed by atoms with van der Waals surface area (Å²) in [4.78, 5) is 4.45. The van der Waals surface area contributed by atoms with Crippen LogP contribution in [0.1, 0.15) is 57.6 Å². The zero-order valence-electron chi connectivity index (χ0n) is 12.4. The minimum absolute atomic E-state index is 0.271. The van der Waals surface area contributed by atoms with Crippen molar-refractivity contribution < 1.29 is 4.74 Å². The van der Waals surface area contributed by atoms with Gasteiger partial charge < -0.3 is 10.1 Å². The van der Waals surface area contributed by atoms with Gasteiger partial charge in [0, 0.05) is 17.8 Å². The monoisotopic (exact) mass is 262 g/mol. The van der Waals surface area contributed by atoms with Crippen LogP contribution in [0.15, 0.2) is 18.3 Å². The third-order valence-electron chi connectivity index (χ3n) is 4.33. The van der Waals surface area contributed by atoms with Crippen molar-refractivity contribution in [2.75, 3.05) is 7.05 Å². The molecule has 0 saturated heterocycles. The molecular weight excluding hydrogens is 236 g/mol. The molecule has 1 aromatic rings. The van der Waals surface area contributed by atoms with E-state index in [4.69, 9.17) is 4.74 Å². The lowest BCUT2D eigenvalue weighted by Gasteiger charge is -2.31. The minimum Gasteiger partial charge on any atom is -0.474 e. The Balaban J connectivity index is 2.13. The number of pyridine rings is 1. The fourth-order valence-corrected chi connectivity index (χ4v) is 2.93. The number of aromatic nitrogens is 1. The van der Waals surface area contributed by atoms with Crippen molar-refractivity contribution >= 4 is 0 Å². The molecule has 2 rings (SSSR count). The van der Waals surface area contributed by atoms with Crippen LogP contribution in [-0.2, 0) is 0 Å². The van der Waals surface area contributed by atoms with E-state index in [9.17, 15) is 0 Å². The summed E-state index contributed by atoms with van der Waals surface area (Å²) in [5.41, 5.74) is 1.16. The highest BCUT2D eigenvalue weighted by atomic mass is 16.5. The highest BCUT2D eigenvalue weighted by Gasteiger charge is 2.26. The summed E-state index contributed by atoms with van der Waals surface area (Å²) in [5, 5.41) is 3.26. The van der Waals surface area contributed by atoms with Crippen molar-refractivity contribution in [3.63, 3.8) is 0 Å². The van der Waals surface area contributed by atoms with Crippen LogP contribution in [0.4, 0.5) is 0 Å². The van der Waals surface area contributed by atoms with Crippen LogP contribution in [0, 0.1) is 5.92 Å². The molecule has 0 spiro atoms. The SMILES string of the molecule is CCC1CCCCC1Oc1ncccc1C(C)NC. The van der Waals surface area contributed by atoms with Gasteiger partial charge >= 0.3 is 0 Å². The summed E-state index contributed by atoms with van der Waals surface area (Å²) >= 11 is 0. The molecule has 0 aromatic carbocycles. The molecule has 3 atom stereocenters. The van der Waals surface area contributed by atoms with Gasteiger partial charge in [-0.3, -0.25) is 0 Å². The van der Waals surface area contributed by atoms with E-state index in [1.54, 1.807) is 0 Å². The summed E-state index contributed by atoms with van der Waals surface area (Å²) in [6.07, 6.45) is 8.47. The van der Waals surface area contributed by atoms with E-state index in [1.807, 2.05) is 19.3 Å². The van der Waals surface area contributed by atoms with Crippen molar-refractivity contribution in [3.8, 4) is 5.88 Å². The predicted molar refractivity (Wildman–Crippen MR) is 78.4 cm³/mol. The molecule has 0 aliphatic heterocycles. The minimum atomic E-state index is 0.271. The fraction of sp³-hybridized carbons (Fsp3) is 0.688. The third-order valence-corrected chi connectivity index (χ3v) is 4.33. The lowest BCUT2D eigenvalue weighted by Crippen LogP contribution is -2.31. The first-order chi connectivity index (χ1) is 9.26. The zero-order valence-corrected chi connectivity index (χ0v) is 12.4. The molecule has 1 aliphatic carbocycles. The average molecular weight is 262 g/mol. The molecule has 0 amide bonds. The standard InChI is InChI=1S/C16H26N2O/c1-4-13-8-5-6-10-15(13)19-16-14(12(2)17-3)9-7-11-18-16/h7,9,11-13,15,17H,4-6,8,10H2,1-3H3. The van der Waals surface area contributed by atoms with Crippen molar-refractivity contribution in [2.24, 2.45) is 5.92 Å².